The molecule has 18 heavy (non-hydrogen) atoms. The highest BCUT2D eigenvalue weighted by molar-refractivity contribution is 7.80. The van der Waals surface area contributed by atoms with Gasteiger partial charge in [-0.3, -0.25) is 0 Å². The summed E-state index contributed by atoms with van der Waals surface area (Å²) in [7, 11) is 0. The number of thiol groups is 1. The number of benzene rings is 2. The van der Waals surface area contributed by atoms with Crippen molar-refractivity contribution in [2.75, 3.05) is 6.61 Å². The van der Waals surface area contributed by atoms with Crippen molar-refractivity contribution < 1.29 is 4.74 Å². The standard InChI is InChI=1S/C16H16OS/c1-2-17-15-9-5-13(6-10-15)3-4-14-7-11-16(18)12-8-14/h3-12,18H,2H2,1H3/b4-3+. The Bertz CT molecular complexity index is 512. The monoisotopic (exact) mass is 256 g/mol. The minimum atomic E-state index is 0.700. The van der Waals surface area contributed by atoms with Crippen LogP contribution in [-0.4, -0.2) is 6.61 Å². The highest BCUT2D eigenvalue weighted by atomic mass is 32.1. The number of rotatable bonds is 4. The van der Waals surface area contributed by atoms with Crippen molar-refractivity contribution in [3.8, 4) is 5.75 Å². The molecular formula is C16H16OS. The van der Waals surface area contributed by atoms with E-state index in [1.165, 1.54) is 5.56 Å². The van der Waals surface area contributed by atoms with Crippen LogP contribution >= 0.6 is 12.6 Å². The van der Waals surface area contributed by atoms with E-state index in [-0.39, 0.29) is 0 Å². The maximum absolute atomic E-state index is 5.40. The fraction of sp³-hybridized carbons (Fsp3) is 0.125. The second-order valence-corrected chi connectivity index (χ2v) is 4.44. The van der Waals surface area contributed by atoms with Gasteiger partial charge in [0.05, 0.1) is 6.61 Å². The Morgan fingerprint density at radius 3 is 1.89 bits per heavy atom. The predicted octanol–water partition coefficient (Wildman–Crippen LogP) is 4.54. The molecule has 0 N–H and O–H groups in total. The SMILES string of the molecule is CCOc1ccc(/C=C/c2ccc(S)cc2)cc1. The van der Waals surface area contributed by atoms with Crippen LogP contribution in [0.2, 0.25) is 0 Å². The van der Waals surface area contributed by atoms with E-state index in [0.717, 1.165) is 16.2 Å². The Morgan fingerprint density at radius 2 is 1.39 bits per heavy atom. The minimum Gasteiger partial charge on any atom is -0.494 e. The third-order valence-corrected chi connectivity index (χ3v) is 2.85. The molecule has 0 spiro atoms. The minimum absolute atomic E-state index is 0.700. The second-order valence-electron chi connectivity index (χ2n) is 3.93. The molecule has 2 heteroatoms. The molecular weight excluding hydrogens is 240 g/mol. The molecule has 1 nitrogen and oxygen atoms in total. The summed E-state index contributed by atoms with van der Waals surface area (Å²) in [6, 6.07) is 16.1. The van der Waals surface area contributed by atoms with Gasteiger partial charge in [0.1, 0.15) is 5.75 Å². The molecule has 0 aliphatic heterocycles. The van der Waals surface area contributed by atoms with E-state index in [1.807, 2.05) is 43.3 Å². The van der Waals surface area contributed by atoms with Gasteiger partial charge in [0.25, 0.3) is 0 Å². The zero-order valence-corrected chi connectivity index (χ0v) is 11.2. The van der Waals surface area contributed by atoms with Gasteiger partial charge in [0, 0.05) is 4.90 Å². The Balaban J connectivity index is 2.06. The van der Waals surface area contributed by atoms with Crippen molar-refractivity contribution in [1.82, 2.24) is 0 Å². The van der Waals surface area contributed by atoms with Crippen molar-refractivity contribution in [3.05, 3.63) is 59.7 Å². The quantitative estimate of drug-likeness (QED) is 0.624. The molecule has 2 rings (SSSR count). The van der Waals surface area contributed by atoms with Gasteiger partial charge in [-0.05, 0) is 42.3 Å². The third-order valence-electron chi connectivity index (χ3n) is 2.55. The largest absolute Gasteiger partial charge is 0.494 e. The summed E-state index contributed by atoms with van der Waals surface area (Å²) in [5.74, 6) is 0.911. The van der Waals surface area contributed by atoms with Crippen molar-refractivity contribution >= 4 is 24.8 Å². The van der Waals surface area contributed by atoms with Gasteiger partial charge in [0.15, 0.2) is 0 Å². The van der Waals surface area contributed by atoms with Crippen LogP contribution in [0.3, 0.4) is 0 Å². The summed E-state index contributed by atoms with van der Waals surface area (Å²) < 4.78 is 5.40. The molecule has 0 heterocycles. The van der Waals surface area contributed by atoms with Crippen molar-refractivity contribution in [3.63, 3.8) is 0 Å². The average Bonchev–Trinajstić information content (AvgIpc) is 2.40. The molecule has 2 aromatic carbocycles. The summed E-state index contributed by atoms with van der Waals surface area (Å²) in [5, 5.41) is 0. The summed E-state index contributed by atoms with van der Waals surface area (Å²) in [6.07, 6.45) is 4.17. The number of ether oxygens (including phenoxy) is 1. The third kappa shape index (κ3) is 3.67. The maximum atomic E-state index is 5.40. The topological polar surface area (TPSA) is 9.23 Å². The molecule has 0 amide bonds. The van der Waals surface area contributed by atoms with E-state index in [0.29, 0.717) is 6.61 Å². The second kappa shape index (κ2) is 6.31. The molecule has 92 valence electrons. The van der Waals surface area contributed by atoms with Gasteiger partial charge in [-0.15, -0.1) is 12.6 Å². The molecule has 0 aliphatic rings. The fourth-order valence-corrected chi connectivity index (χ4v) is 1.77. The van der Waals surface area contributed by atoms with Gasteiger partial charge >= 0.3 is 0 Å². The number of hydrogen-bond acceptors (Lipinski definition) is 2. The van der Waals surface area contributed by atoms with Crippen LogP contribution in [0, 0.1) is 0 Å². The lowest BCUT2D eigenvalue weighted by Gasteiger charge is -2.02. The first kappa shape index (κ1) is 12.8. The summed E-state index contributed by atoms with van der Waals surface area (Å²) >= 11 is 4.26. The fourth-order valence-electron chi connectivity index (χ4n) is 1.62. The van der Waals surface area contributed by atoms with Crippen LogP contribution < -0.4 is 4.74 Å². The van der Waals surface area contributed by atoms with E-state index < -0.39 is 0 Å². The first-order valence-corrected chi connectivity index (χ1v) is 6.42. The zero-order valence-electron chi connectivity index (χ0n) is 10.3. The van der Waals surface area contributed by atoms with Gasteiger partial charge in [-0.1, -0.05) is 36.4 Å². The van der Waals surface area contributed by atoms with Crippen LogP contribution in [0.25, 0.3) is 12.2 Å². The Labute approximate surface area is 114 Å². The molecule has 0 saturated heterocycles. The van der Waals surface area contributed by atoms with Crippen LogP contribution in [0.4, 0.5) is 0 Å². The molecule has 0 fully saturated rings. The van der Waals surface area contributed by atoms with E-state index >= 15 is 0 Å². The molecule has 0 aromatic heterocycles. The molecule has 0 atom stereocenters. The first-order valence-electron chi connectivity index (χ1n) is 5.98. The van der Waals surface area contributed by atoms with Gasteiger partial charge < -0.3 is 4.74 Å². The van der Waals surface area contributed by atoms with Crippen LogP contribution in [0.15, 0.2) is 53.4 Å². The molecule has 0 aliphatic carbocycles. The molecule has 0 saturated carbocycles. The lowest BCUT2D eigenvalue weighted by atomic mass is 10.1. The van der Waals surface area contributed by atoms with Crippen LogP contribution in [0.5, 0.6) is 5.75 Å². The zero-order chi connectivity index (χ0) is 12.8. The first-order chi connectivity index (χ1) is 8.78. The molecule has 2 aromatic rings. The Morgan fingerprint density at radius 1 is 0.889 bits per heavy atom. The normalized spacial score (nSPS) is 10.8. The van der Waals surface area contributed by atoms with Crippen LogP contribution in [0.1, 0.15) is 18.1 Å². The molecule has 0 unspecified atom stereocenters. The predicted molar refractivity (Wildman–Crippen MR) is 80.2 cm³/mol. The van der Waals surface area contributed by atoms with Gasteiger partial charge in [0.2, 0.25) is 0 Å². The highest BCUT2D eigenvalue weighted by Gasteiger charge is 1.92. The lowest BCUT2D eigenvalue weighted by Crippen LogP contribution is -1.90. The van der Waals surface area contributed by atoms with Crippen molar-refractivity contribution in [2.45, 2.75) is 11.8 Å². The van der Waals surface area contributed by atoms with E-state index in [2.05, 4.69) is 36.9 Å². The number of hydrogen-bond donors (Lipinski definition) is 1. The average molecular weight is 256 g/mol. The summed E-state index contributed by atoms with van der Waals surface area (Å²) in [6.45, 7) is 2.68. The summed E-state index contributed by atoms with van der Waals surface area (Å²) in [4.78, 5) is 0.980. The smallest absolute Gasteiger partial charge is 0.119 e. The van der Waals surface area contributed by atoms with E-state index in [4.69, 9.17) is 4.74 Å². The summed E-state index contributed by atoms with van der Waals surface area (Å²) in [5.41, 5.74) is 2.33. The maximum Gasteiger partial charge on any atom is 0.119 e. The van der Waals surface area contributed by atoms with Gasteiger partial charge in [-0.2, -0.15) is 0 Å². The van der Waals surface area contributed by atoms with Crippen molar-refractivity contribution in [1.29, 1.82) is 0 Å². The highest BCUT2D eigenvalue weighted by Crippen LogP contribution is 2.15. The van der Waals surface area contributed by atoms with Gasteiger partial charge in [-0.25, -0.2) is 0 Å². The van der Waals surface area contributed by atoms with Crippen molar-refractivity contribution in [2.24, 2.45) is 0 Å². The van der Waals surface area contributed by atoms with E-state index in [9.17, 15) is 0 Å². The molecule has 0 bridgehead atoms. The lowest BCUT2D eigenvalue weighted by molar-refractivity contribution is 0.340. The Hall–Kier alpha value is -1.67. The van der Waals surface area contributed by atoms with E-state index in [1.54, 1.807) is 0 Å². The molecule has 0 radical (unpaired) electrons. The van der Waals surface area contributed by atoms with Crippen LogP contribution in [-0.2, 0) is 0 Å². The Kier molecular flexibility index (Phi) is 4.48.